The molecule has 0 aliphatic carbocycles. The lowest BCUT2D eigenvalue weighted by Gasteiger charge is -2.29. The number of anilines is 1. The van der Waals surface area contributed by atoms with E-state index < -0.39 is 33.8 Å². The van der Waals surface area contributed by atoms with Crippen molar-refractivity contribution in [1.29, 1.82) is 0 Å². The molecule has 2 aliphatic rings. The smallest absolute Gasteiger partial charge is 0.305 e. The molecule has 3 heterocycles. The van der Waals surface area contributed by atoms with E-state index in [0.717, 1.165) is 27.4 Å². The third kappa shape index (κ3) is 4.53. The van der Waals surface area contributed by atoms with Crippen LogP contribution in [0, 0.1) is 23.0 Å². The zero-order chi connectivity index (χ0) is 27.3. The zero-order valence-corrected chi connectivity index (χ0v) is 22.2. The highest BCUT2D eigenvalue weighted by Crippen LogP contribution is 2.53. The predicted octanol–water partition coefficient (Wildman–Crippen LogP) is 5.03. The Balaban J connectivity index is 1.31. The van der Waals surface area contributed by atoms with E-state index in [1.807, 2.05) is 55.5 Å². The van der Waals surface area contributed by atoms with E-state index in [1.165, 1.54) is 41.6 Å². The van der Waals surface area contributed by atoms with Crippen molar-refractivity contribution in [1.82, 2.24) is 4.98 Å². The molecule has 1 N–H and O–H groups in total. The fourth-order valence-electron chi connectivity index (χ4n) is 4.98. The number of rotatable bonds is 6. The summed E-state index contributed by atoms with van der Waals surface area (Å²) >= 11 is 2.23. The van der Waals surface area contributed by atoms with Gasteiger partial charge < -0.3 is 9.72 Å². The number of nitrogens with one attached hydrogen (secondary N) is 1. The van der Waals surface area contributed by atoms with Crippen LogP contribution < -0.4 is 14.5 Å². The number of hydrogen-bond acceptors (Lipinski definition) is 8. The number of benzene rings is 3. The summed E-state index contributed by atoms with van der Waals surface area (Å²) in [5.41, 5.74) is 3.15. The Morgan fingerprint density at radius 1 is 0.949 bits per heavy atom. The number of hydrogen-bond donors (Lipinski definition) is 1. The summed E-state index contributed by atoms with van der Waals surface area (Å²) in [4.78, 5) is 54.5. The molecule has 2 aliphatic heterocycles. The number of nitro benzene ring substituents is 1. The topological polar surface area (TPSA) is 123 Å². The minimum atomic E-state index is -0.743. The van der Waals surface area contributed by atoms with E-state index in [0.29, 0.717) is 22.3 Å². The standard InChI is InChI=1S/C28H21N3O6S2/c1-15-2-4-16(5-3-15)14-37-20-12-6-17(7-13-20)21-22-24(38-25-23(21)39-28(34)29-25)27(33)30(26(22)32)18-8-10-19(11-9-18)31(35)36/h2-13,21-22,24H,14H2,1H3,(H,29,34)/t21-,22?,24?/m1/s1. The lowest BCUT2D eigenvalue weighted by Crippen LogP contribution is -2.32. The number of fused-ring (bicyclic) bond motifs is 2. The Morgan fingerprint density at radius 2 is 1.64 bits per heavy atom. The van der Waals surface area contributed by atoms with E-state index in [2.05, 4.69) is 4.98 Å². The van der Waals surface area contributed by atoms with Gasteiger partial charge in [-0.25, -0.2) is 4.90 Å². The van der Waals surface area contributed by atoms with Crippen molar-refractivity contribution < 1.29 is 19.2 Å². The molecule has 11 heteroatoms. The van der Waals surface area contributed by atoms with Crippen LogP contribution in [0.5, 0.6) is 5.75 Å². The first-order valence-corrected chi connectivity index (χ1v) is 13.8. The number of imide groups is 1. The molecule has 3 atom stereocenters. The van der Waals surface area contributed by atoms with Crippen LogP contribution in [0.25, 0.3) is 0 Å². The molecular weight excluding hydrogens is 538 g/mol. The van der Waals surface area contributed by atoms with Crippen LogP contribution in [0.4, 0.5) is 11.4 Å². The van der Waals surface area contributed by atoms with Crippen LogP contribution in [0.15, 0.2) is 82.6 Å². The van der Waals surface area contributed by atoms with Gasteiger partial charge in [0.25, 0.3) is 5.69 Å². The lowest BCUT2D eigenvalue weighted by atomic mass is 9.83. The number of aromatic nitrogens is 1. The van der Waals surface area contributed by atoms with Gasteiger partial charge in [0.15, 0.2) is 0 Å². The number of nitrogens with zero attached hydrogens (tertiary/aromatic N) is 2. The monoisotopic (exact) mass is 559 g/mol. The number of aromatic amines is 1. The summed E-state index contributed by atoms with van der Waals surface area (Å²) in [6.07, 6.45) is 0. The normalized spacial score (nSPS) is 20.0. The van der Waals surface area contributed by atoms with Crippen molar-refractivity contribution in [3.63, 3.8) is 0 Å². The molecule has 4 aromatic rings. The molecule has 1 aromatic heterocycles. The average molecular weight is 560 g/mol. The van der Waals surface area contributed by atoms with E-state index in [4.69, 9.17) is 4.74 Å². The van der Waals surface area contributed by atoms with Gasteiger partial charge in [0.1, 0.15) is 17.6 Å². The van der Waals surface area contributed by atoms with Crippen LogP contribution in [-0.4, -0.2) is 27.0 Å². The molecule has 6 rings (SSSR count). The Hall–Kier alpha value is -4.22. The number of aryl methyl sites for hydroxylation is 1. The van der Waals surface area contributed by atoms with E-state index in [9.17, 15) is 24.5 Å². The Morgan fingerprint density at radius 3 is 2.31 bits per heavy atom. The number of thioether (sulfide) groups is 1. The number of nitro groups is 1. The van der Waals surface area contributed by atoms with E-state index in [1.54, 1.807) is 0 Å². The molecule has 39 heavy (non-hydrogen) atoms. The van der Waals surface area contributed by atoms with Crippen molar-refractivity contribution in [2.45, 2.75) is 29.7 Å². The summed E-state index contributed by atoms with van der Waals surface area (Å²) in [6, 6.07) is 20.8. The maximum absolute atomic E-state index is 13.8. The Labute approximate surface area is 230 Å². The molecule has 196 valence electrons. The van der Waals surface area contributed by atoms with Gasteiger partial charge in [-0.15, -0.1) is 0 Å². The van der Waals surface area contributed by atoms with Crippen LogP contribution in [-0.2, 0) is 16.2 Å². The zero-order valence-electron chi connectivity index (χ0n) is 20.5. The van der Waals surface area contributed by atoms with Crippen LogP contribution in [0.1, 0.15) is 27.5 Å². The van der Waals surface area contributed by atoms with Crippen molar-refractivity contribution in [3.8, 4) is 5.75 Å². The SMILES string of the molecule is Cc1ccc(COc2ccc([C@H]3c4sc(=O)[nH]c4SC4C(=O)N(c5ccc([N+](=O)[O-])cc5)C(=O)C43)cc2)cc1. The number of carbonyl (C=O) groups is 2. The molecule has 2 amide bonds. The second kappa shape index (κ2) is 9.83. The fraction of sp³-hybridized carbons (Fsp3) is 0.179. The first-order chi connectivity index (χ1) is 18.8. The Bertz CT molecular complexity index is 1640. The van der Waals surface area contributed by atoms with Gasteiger partial charge in [-0.3, -0.25) is 24.5 Å². The molecule has 0 radical (unpaired) electrons. The van der Waals surface area contributed by atoms with Gasteiger partial charge in [0.05, 0.1) is 21.6 Å². The number of non-ortho nitro benzene ring substituents is 1. The minimum Gasteiger partial charge on any atom is -0.489 e. The van der Waals surface area contributed by atoms with Crippen molar-refractivity contribution in [3.05, 3.63) is 114 Å². The van der Waals surface area contributed by atoms with Gasteiger partial charge in [-0.05, 0) is 42.3 Å². The predicted molar refractivity (Wildman–Crippen MR) is 147 cm³/mol. The fourth-order valence-corrected chi connectivity index (χ4v) is 7.49. The van der Waals surface area contributed by atoms with Crippen molar-refractivity contribution >= 4 is 46.3 Å². The summed E-state index contributed by atoms with van der Waals surface area (Å²) < 4.78 is 5.94. The highest BCUT2D eigenvalue weighted by molar-refractivity contribution is 8.00. The van der Waals surface area contributed by atoms with Crippen LogP contribution in [0.2, 0.25) is 0 Å². The third-order valence-electron chi connectivity index (χ3n) is 6.91. The number of carbonyl (C=O) groups excluding carboxylic acids is 2. The van der Waals surface area contributed by atoms with Crippen molar-refractivity contribution in [2.24, 2.45) is 5.92 Å². The summed E-state index contributed by atoms with van der Waals surface area (Å²) in [5, 5.41) is 10.9. The molecule has 1 fully saturated rings. The summed E-state index contributed by atoms with van der Waals surface area (Å²) in [5.74, 6) is -1.41. The summed E-state index contributed by atoms with van der Waals surface area (Å²) in [7, 11) is 0. The Kier molecular flexibility index (Phi) is 6.32. The van der Waals surface area contributed by atoms with Gasteiger partial charge in [-0.2, -0.15) is 0 Å². The summed E-state index contributed by atoms with van der Waals surface area (Å²) in [6.45, 7) is 2.43. The van der Waals surface area contributed by atoms with Gasteiger partial charge >= 0.3 is 4.87 Å². The third-order valence-corrected chi connectivity index (χ3v) is 9.31. The second-order valence-electron chi connectivity index (χ2n) is 9.38. The number of ether oxygens (including phenoxy) is 1. The molecular formula is C28H21N3O6S2. The lowest BCUT2D eigenvalue weighted by molar-refractivity contribution is -0.384. The molecule has 0 spiro atoms. The van der Waals surface area contributed by atoms with Crippen LogP contribution in [0.3, 0.4) is 0 Å². The van der Waals surface area contributed by atoms with Gasteiger partial charge in [0.2, 0.25) is 11.8 Å². The molecule has 1 saturated heterocycles. The van der Waals surface area contributed by atoms with Gasteiger partial charge in [0, 0.05) is 22.9 Å². The minimum absolute atomic E-state index is 0.132. The molecule has 0 saturated carbocycles. The maximum atomic E-state index is 13.8. The highest BCUT2D eigenvalue weighted by atomic mass is 32.2. The quantitative estimate of drug-likeness (QED) is 0.200. The second-order valence-corrected chi connectivity index (χ2v) is 11.5. The van der Waals surface area contributed by atoms with E-state index >= 15 is 0 Å². The number of H-pyrrole nitrogens is 1. The van der Waals surface area contributed by atoms with E-state index in [-0.39, 0.29) is 16.2 Å². The van der Waals surface area contributed by atoms with Crippen LogP contribution >= 0.6 is 23.1 Å². The largest absolute Gasteiger partial charge is 0.489 e. The maximum Gasteiger partial charge on any atom is 0.305 e. The molecule has 9 nitrogen and oxygen atoms in total. The first kappa shape index (κ1) is 25.1. The molecule has 0 bridgehead atoms. The highest BCUT2D eigenvalue weighted by Gasteiger charge is 2.56. The first-order valence-electron chi connectivity index (χ1n) is 12.1. The molecule has 2 unspecified atom stereocenters. The average Bonchev–Trinajstić information content (AvgIpc) is 3.43. The van der Waals surface area contributed by atoms with Gasteiger partial charge in [-0.1, -0.05) is 65.1 Å². The van der Waals surface area contributed by atoms with Crippen molar-refractivity contribution in [2.75, 3.05) is 4.90 Å². The molecule has 3 aromatic carbocycles. The number of thiazole rings is 1. The number of amides is 2.